The summed E-state index contributed by atoms with van der Waals surface area (Å²) in [6, 6.07) is 15.0. The van der Waals surface area contributed by atoms with Gasteiger partial charge in [0.15, 0.2) is 8.32 Å². The van der Waals surface area contributed by atoms with Gasteiger partial charge in [-0.15, -0.1) is 0 Å². The summed E-state index contributed by atoms with van der Waals surface area (Å²) in [6.45, 7) is 19.5. The Morgan fingerprint density at radius 1 is 1.02 bits per heavy atom. The van der Waals surface area contributed by atoms with E-state index < -0.39 is 31.5 Å². The summed E-state index contributed by atoms with van der Waals surface area (Å²) >= 11 is 6.45. The number of ether oxygens (including phenoxy) is 2. The first-order chi connectivity index (χ1) is 20.4. The van der Waals surface area contributed by atoms with Crippen molar-refractivity contribution in [1.29, 1.82) is 0 Å². The molecule has 244 valence electrons. The second kappa shape index (κ2) is 14.3. The Hall–Kier alpha value is -2.55. The van der Waals surface area contributed by atoms with E-state index in [1.807, 2.05) is 76.2 Å². The molecule has 7 nitrogen and oxygen atoms in total. The lowest BCUT2D eigenvalue weighted by Gasteiger charge is -2.41. The summed E-state index contributed by atoms with van der Waals surface area (Å²) < 4.78 is 17.9. The van der Waals surface area contributed by atoms with Gasteiger partial charge in [-0.05, 0) is 94.1 Å². The zero-order chi connectivity index (χ0) is 32.9. The predicted octanol–water partition coefficient (Wildman–Crippen LogP) is 9.13. The fourth-order valence-electron chi connectivity index (χ4n) is 5.54. The molecule has 44 heavy (non-hydrogen) atoms. The van der Waals surface area contributed by atoms with Crippen LogP contribution in [-0.2, 0) is 24.1 Å². The van der Waals surface area contributed by atoms with Gasteiger partial charge in [0.1, 0.15) is 5.60 Å². The smallest absolute Gasteiger partial charge is 0.411 e. The molecule has 0 aromatic heterocycles. The highest BCUT2D eigenvalue weighted by molar-refractivity contribution is 6.74. The maximum atomic E-state index is 13.9. The number of anilines is 1. The molecule has 1 aliphatic carbocycles. The van der Waals surface area contributed by atoms with Crippen LogP contribution in [0.5, 0.6) is 0 Å². The van der Waals surface area contributed by atoms with Gasteiger partial charge in [0.2, 0.25) is 0 Å². The maximum absolute atomic E-state index is 13.9. The van der Waals surface area contributed by atoms with Crippen LogP contribution >= 0.6 is 11.6 Å². The number of hydrogen-bond acceptors (Lipinski definition) is 6. The first kappa shape index (κ1) is 35.9. The molecule has 2 aromatic rings. The zero-order valence-electron chi connectivity index (χ0n) is 28.4. The molecular formula is C35H53ClN2O5Si. The summed E-state index contributed by atoms with van der Waals surface area (Å²) in [4.78, 5) is 28.4. The summed E-state index contributed by atoms with van der Waals surface area (Å²) in [5.74, 6) is -0.163. The number of carbonyl (C=O) groups is 2. The van der Waals surface area contributed by atoms with Crippen LogP contribution in [0.3, 0.4) is 0 Å². The van der Waals surface area contributed by atoms with Crippen molar-refractivity contribution < 1.29 is 23.5 Å². The van der Waals surface area contributed by atoms with Gasteiger partial charge >= 0.3 is 12.1 Å². The molecule has 1 aliphatic rings. The Kier molecular flexibility index (Phi) is 11.6. The summed E-state index contributed by atoms with van der Waals surface area (Å²) in [5, 5.41) is 4.11. The highest BCUT2D eigenvalue weighted by Crippen LogP contribution is 2.42. The van der Waals surface area contributed by atoms with Crippen LogP contribution in [-0.4, -0.2) is 57.2 Å². The number of amides is 1. The summed E-state index contributed by atoms with van der Waals surface area (Å²) in [5.41, 5.74) is 1.54. The number of nitrogens with zero attached hydrogens (tertiary/aromatic N) is 1. The minimum atomic E-state index is -2.14. The van der Waals surface area contributed by atoms with Gasteiger partial charge in [-0.3, -0.25) is 9.69 Å². The fourth-order valence-corrected chi connectivity index (χ4v) is 6.75. The van der Waals surface area contributed by atoms with Gasteiger partial charge in [-0.1, -0.05) is 69.5 Å². The first-order valence-corrected chi connectivity index (χ1v) is 19.0. The predicted molar refractivity (Wildman–Crippen MR) is 182 cm³/mol. The monoisotopic (exact) mass is 644 g/mol. The van der Waals surface area contributed by atoms with E-state index >= 15 is 0 Å². The van der Waals surface area contributed by atoms with Crippen molar-refractivity contribution >= 4 is 37.7 Å². The van der Waals surface area contributed by atoms with Crippen molar-refractivity contribution in [3.8, 4) is 0 Å². The van der Waals surface area contributed by atoms with Crippen molar-refractivity contribution in [2.45, 2.75) is 115 Å². The maximum Gasteiger partial charge on any atom is 0.411 e. The SMILES string of the molecule is COC(=O)C1(c2ccc(NCC(C)N(C(=O)OC(C)(C)C)C(CO[Si](C)(C)C(C)(C)C)c3cccc(Cl)c3)cc2)CCCC1. The number of hydrogen-bond donors (Lipinski definition) is 1. The number of nitrogens with one attached hydrogen (secondary N) is 1. The number of carbonyl (C=O) groups excluding carboxylic acids is 2. The third-order valence-corrected chi connectivity index (χ3v) is 13.9. The first-order valence-electron chi connectivity index (χ1n) is 15.7. The van der Waals surface area contributed by atoms with Gasteiger partial charge < -0.3 is 19.2 Å². The van der Waals surface area contributed by atoms with Crippen LogP contribution in [0, 0.1) is 0 Å². The van der Waals surface area contributed by atoms with E-state index in [1.165, 1.54) is 7.11 Å². The normalized spacial score (nSPS) is 16.6. The third-order valence-electron chi connectivity index (χ3n) is 9.13. The van der Waals surface area contributed by atoms with E-state index in [2.05, 4.69) is 39.2 Å². The van der Waals surface area contributed by atoms with Gasteiger partial charge in [-0.2, -0.15) is 0 Å². The van der Waals surface area contributed by atoms with Crippen LogP contribution in [0.4, 0.5) is 10.5 Å². The van der Waals surface area contributed by atoms with Gasteiger partial charge in [-0.25, -0.2) is 4.79 Å². The quantitative estimate of drug-likeness (QED) is 0.194. The molecule has 2 aromatic carbocycles. The minimum absolute atomic E-state index is 0.00685. The molecule has 0 radical (unpaired) electrons. The lowest BCUT2D eigenvalue weighted by atomic mass is 9.79. The second-order valence-electron chi connectivity index (χ2n) is 14.6. The third kappa shape index (κ3) is 8.79. The highest BCUT2D eigenvalue weighted by Gasteiger charge is 2.44. The molecule has 9 heteroatoms. The molecule has 1 N–H and O–H groups in total. The highest BCUT2D eigenvalue weighted by atomic mass is 35.5. The molecule has 0 heterocycles. The van der Waals surface area contributed by atoms with Crippen molar-refractivity contribution in [3.05, 3.63) is 64.7 Å². The number of halogens is 1. The van der Waals surface area contributed by atoms with Crippen LogP contribution in [0.1, 0.15) is 91.3 Å². The van der Waals surface area contributed by atoms with Crippen LogP contribution in [0.25, 0.3) is 0 Å². The molecular weight excluding hydrogens is 592 g/mol. The Bertz CT molecular complexity index is 1260. The molecule has 1 amide bonds. The summed E-state index contributed by atoms with van der Waals surface area (Å²) in [7, 11) is -0.679. The Balaban J connectivity index is 1.90. The number of benzene rings is 2. The standard InChI is InChI=1S/C35H53ClN2O5Si/c1-25(23-37-29-18-16-27(17-19-29)35(31(39)41-8)20-11-12-21-35)38(32(40)43-33(2,3)4)30(26-14-13-15-28(36)22-26)24-42-44(9,10)34(5,6)7/h13-19,22,25,30,37H,11-12,20-21,23-24H2,1-10H3. The van der Waals surface area contributed by atoms with Crippen LogP contribution in [0.15, 0.2) is 48.5 Å². The molecule has 0 bridgehead atoms. The molecule has 2 atom stereocenters. The average Bonchev–Trinajstić information content (AvgIpc) is 3.43. The second-order valence-corrected chi connectivity index (χ2v) is 19.9. The molecule has 3 rings (SSSR count). The molecule has 0 spiro atoms. The summed E-state index contributed by atoms with van der Waals surface area (Å²) in [6.07, 6.45) is 3.22. The van der Waals surface area contributed by atoms with Gasteiger partial charge in [0, 0.05) is 17.3 Å². The molecule has 2 unspecified atom stereocenters. The molecule has 0 saturated heterocycles. The van der Waals surface area contributed by atoms with Crippen molar-refractivity contribution in [3.63, 3.8) is 0 Å². The van der Waals surface area contributed by atoms with Crippen LogP contribution < -0.4 is 5.32 Å². The van der Waals surface area contributed by atoms with Crippen molar-refractivity contribution in [2.24, 2.45) is 0 Å². The van der Waals surface area contributed by atoms with Gasteiger partial charge in [0.05, 0.1) is 31.2 Å². The van der Waals surface area contributed by atoms with Gasteiger partial charge in [0.25, 0.3) is 0 Å². The van der Waals surface area contributed by atoms with Crippen molar-refractivity contribution in [1.82, 2.24) is 4.90 Å². The van der Waals surface area contributed by atoms with E-state index in [9.17, 15) is 9.59 Å². The zero-order valence-corrected chi connectivity index (χ0v) is 30.1. The number of rotatable bonds is 11. The Labute approximate surface area is 271 Å². The molecule has 1 saturated carbocycles. The average molecular weight is 645 g/mol. The van der Waals surface area contributed by atoms with E-state index in [0.717, 1.165) is 42.5 Å². The lowest BCUT2D eigenvalue weighted by Crippen LogP contribution is -2.50. The van der Waals surface area contributed by atoms with Crippen LogP contribution in [0.2, 0.25) is 23.2 Å². The van der Waals surface area contributed by atoms with E-state index in [0.29, 0.717) is 18.2 Å². The van der Waals surface area contributed by atoms with E-state index in [4.69, 9.17) is 25.5 Å². The number of methoxy groups -OCH3 is 1. The van der Waals surface area contributed by atoms with E-state index in [1.54, 1.807) is 4.90 Å². The van der Waals surface area contributed by atoms with E-state index in [-0.39, 0.29) is 17.0 Å². The topological polar surface area (TPSA) is 77.1 Å². The Morgan fingerprint density at radius 3 is 2.16 bits per heavy atom. The Morgan fingerprint density at radius 2 is 1.64 bits per heavy atom. The largest absolute Gasteiger partial charge is 0.468 e. The lowest BCUT2D eigenvalue weighted by molar-refractivity contribution is -0.147. The molecule has 1 fully saturated rings. The number of esters is 1. The fraction of sp³-hybridized carbons (Fsp3) is 0.600. The molecule has 0 aliphatic heterocycles. The van der Waals surface area contributed by atoms with Crippen molar-refractivity contribution in [2.75, 3.05) is 25.6 Å². The minimum Gasteiger partial charge on any atom is -0.468 e.